The van der Waals surface area contributed by atoms with Gasteiger partial charge in [-0.05, 0) is 12.1 Å². The van der Waals surface area contributed by atoms with E-state index in [1.165, 1.54) is 24.3 Å². The van der Waals surface area contributed by atoms with Gasteiger partial charge < -0.3 is 0 Å². The standard InChI is InChI=1S/C6H4ClNO2.C2H6/c7-5-1-3-6(4-2-5)8(9)10;1-2/h1-4H;1-2H3. The van der Waals surface area contributed by atoms with E-state index in [0.717, 1.165) is 0 Å². The lowest BCUT2D eigenvalue weighted by Gasteiger charge is -1.88. The molecule has 3 nitrogen and oxygen atoms in total. The Morgan fingerprint density at radius 2 is 1.67 bits per heavy atom. The number of nitro benzene ring substituents is 1. The van der Waals surface area contributed by atoms with Gasteiger partial charge in [0.25, 0.3) is 5.69 Å². The van der Waals surface area contributed by atoms with Gasteiger partial charge in [0.2, 0.25) is 0 Å². The van der Waals surface area contributed by atoms with Crippen molar-refractivity contribution in [3.8, 4) is 0 Å². The number of rotatable bonds is 1. The zero-order valence-corrected chi connectivity index (χ0v) is 7.71. The van der Waals surface area contributed by atoms with Crippen molar-refractivity contribution in [2.24, 2.45) is 0 Å². The lowest BCUT2D eigenvalue weighted by Crippen LogP contribution is -1.85. The minimum atomic E-state index is -0.462. The third kappa shape index (κ3) is 3.34. The zero-order chi connectivity index (χ0) is 9.56. The number of hydrogen-bond acceptors (Lipinski definition) is 2. The fourth-order valence-corrected chi connectivity index (χ4v) is 0.689. The molecule has 0 N–H and O–H groups in total. The summed E-state index contributed by atoms with van der Waals surface area (Å²) in [5.74, 6) is 0. The summed E-state index contributed by atoms with van der Waals surface area (Å²) >= 11 is 5.49. The van der Waals surface area contributed by atoms with E-state index in [1.807, 2.05) is 13.8 Å². The summed E-state index contributed by atoms with van der Waals surface area (Å²) in [6.45, 7) is 4.00. The van der Waals surface area contributed by atoms with Gasteiger partial charge in [-0.3, -0.25) is 10.1 Å². The molecule has 0 fully saturated rings. The molecule has 0 aliphatic carbocycles. The minimum absolute atomic E-state index is 0.0596. The van der Waals surface area contributed by atoms with E-state index >= 15 is 0 Å². The molecule has 0 aliphatic rings. The Morgan fingerprint density at radius 3 is 2.00 bits per heavy atom. The molecule has 66 valence electrons. The third-order valence-electron chi connectivity index (χ3n) is 1.04. The van der Waals surface area contributed by atoms with E-state index < -0.39 is 4.92 Å². The molecule has 0 heterocycles. The molecule has 1 aromatic carbocycles. The Kier molecular flexibility index (Phi) is 5.04. The molecule has 0 bridgehead atoms. The molecule has 0 saturated heterocycles. The third-order valence-corrected chi connectivity index (χ3v) is 1.29. The van der Waals surface area contributed by atoms with Gasteiger partial charge in [-0.2, -0.15) is 0 Å². The van der Waals surface area contributed by atoms with Crippen LogP contribution in [0.5, 0.6) is 0 Å². The molecule has 0 saturated carbocycles. The van der Waals surface area contributed by atoms with Gasteiger partial charge in [0.1, 0.15) is 0 Å². The molecule has 0 amide bonds. The van der Waals surface area contributed by atoms with Crippen molar-refractivity contribution in [2.45, 2.75) is 13.8 Å². The molecule has 4 heteroatoms. The van der Waals surface area contributed by atoms with Crippen LogP contribution in [0.25, 0.3) is 0 Å². The predicted molar refractivity (Wildman–Crippen MR) is 49.5 cm³/mol. The summed E-state index contributed by atoms with van der Waals surface area (Å²) in [6.07, 6.45) is 0. The molecule has 12 heavy (non-hydrogen) atoms. The molecule has 0 aromatic heterocycles. The molecule has 0 atom stereocenters. The number of hydrogen-bond donors (Lipinski definition) is 0. The van der Waals surface area contributed by atoms with Gasteiger partial charge in [-0.15, -0.1) is 0 Å². The van der Waals surface area contributed by atoms with Crippen LogP contribution in [0.1, 0.15) is 13.8 Å². The van der Waals surface area contributed by atoms with Crippen molar-refractivity contribution in [2.75, 3.05) is 0 Å². The van der Waals surface area contributed by atoms with Gasteiger partial charge in [0, 0.05) is 17.2 Å². The highest BCUT2D eigenvalue weighted by Crippen LogP contribution is 2.14. The van der Waals surface area contributed by atoms with Crippen LogP contribution in [0.4, 0.5) is 5.69 Å². The van der Waals surface area contributed by atoms with E-state index in [-0.39, 0.29) is 5.69 Å². The molecule has 1 aromatic rings. The topological polar surface area (TPSA) is 43.1 Å². The first-order chi connectivity index (χ1) is 5.70. The first-order valence-electron chi connectivity index (χ1n) is 3.60. The van der Waals surface area contributed by atoms with Crippen LogP contribution in [-0.2, 0) is 0 Å². The second-order valence-corrected chi connectivity index (χ2v) is 2.17. The Balaban J connectivity index is 0.000000561. The van der Waals surface area contributed by atoms with E-state index in [1.54, 1.807) is 0 Å². The van der Waals surface area contributed by atoms with Crippen molar-refractivity contribution in [3.63, 3.8) is 0 Å². The van der Waals surface area contributed by atoms with Gasteiger partial charge >= 0.3 is 0 Å². The lowest BCUT2D eigenvalue weighted by atomic mass is 10.3. The maximum Gasteiger partial charge on any atom is 0.269 e. The van der Waals surface area contributed by atoms with Gasteiger partial charge in [0.05, 0.1) is 4.92 Å². The Morgan fingerprint density at radius 1 is 1.25 bits per heavy atom. The maximum atomic E-state index is 10.1. The van der Waals surface area contributed by atoms with Crippen LogP contribution in [0.2, 0.25) is 5.02 Å². The van der Waals surface area contributed by atoms with Crippen molar-refractivity contribution < 1.29 is 4.92 Å². The summed E-state index contributed by atoms with van der Waals surface area (Å²) in [5.41, 5.74) is 0.0596. The molecular formula is C8H10ClNO2. The van der Waals surface area contributed by atoms with Gasteiger partial charge in [-0.25, -0.2) is 0 Å². The maximum absolute atomic E-state index is 10.1. The van der Waals surface area contributed by atoms with Crippen LogP contribution in [0.3, 0.4) is 0 Å². The lowest BCUT2D eigenvalue weighted by molar-refractivity contribution is -0.384. The average Bonchev–Trinajstić information content (AvgIpc) is 2.09. The summed E-state index contributed by atoms with van der Waals surface area (Å²) in [4.78, 5) is 9.61. The molecule has 1 rings (SSSR count). The minimum Gasteiger partial charge on any atom is -0.258 e. The Bertz CT molecular complexity index is 246. The van der Waals surface area contributed by atoms with Crippen molar-refractivity contribution >= 4 is 17.3 Å². The number of non-ortho nitro benzene ring substituents is 1. The van der Waals surface area contributed by atoms with E-state index in [2.05, 4.69) is 0 Å². The first-order valence-corrected chi connectivity index (χ1v) is 3.98. The summed E-state index contributed by atoms with van der Waals surface area (Å²) in [6, 6.07) is 5.70. The highest BCUT2D eigenvalue weighted by atomic mass is 35.5. The molecule has 0 unspecified atom stereocenters. The Hall–Kier alpha value is -1.09. The largest absolute Gasteiger partial charge is 0.269 e. The highest BCUT2D eigenvalue weighted by Gasteiger charge is 2.01. The van der Waals surface area contributed by atoms with Crippen LogP contribution in [-0.4, -0.2) is 4.92 Å². The SMILES string of the molecule is CC.O=[N+]([O-])c1ccc(Cl)cc1. The average molecular weight is 188 g/mol. The predicted octanol–water partition coefficient (Wildman–Crippen LogP) is 3.27. The fourth-order valence-electron chi connectivity index (χ4n) is 0.563. The molecule has 0 spiro atoms. The van der Waals surface area contributed by atoms with Crippen LogP contribution in [0, 0.1) is 10.1 Å². The normalized spacial score (nSPS) is 8.25. The fraction of sp³-hybridized carbons (Fsp3) is 0.250. The number of nitro groups is 1. The van der Waals surface area contributed by atoms with Gasteiger partial charge in [-0.1, -0.05) is 25.4 Å². The quantitative estimate of drug-likeness (QED) is 0.500. The van der Waals surface area contributed by atoms with E-state index in [0.29, 0.717) is 5.02 Å². The number of nitrogens with zero attached hydrogens (tertiary/aromatic N) is 1. The Labute approximate surface area is 76.1 Å². The number of halogens is 1. The zero-order valence-electron chi connectivity index (χ0n) is 6.95. The molecule has 0 radical (unpaired) electrons. The van der Waals surface area contributed by atoms with E-state index in [4.69, 9.17) is 11.6 Å². The van der Waals surface area contributed by atoms with Crippen molar-refractivity contribution in [1.82, 2.24) is 0 Å². The second kappa shape index (κ2) is 5.55. The van der Waals surface area contributed by atoms with Crippen molar-refractivity contribution in [3.05, 3.63) is 39.4 Å². The van der Waals surface area contributed by atoms with E-state index in [9.17, 15) is 10.1 Å². The van der Waals surface area contributed by atoms with Crippen LogP contribution < -0.4 is 0 Å². The highest BCUT2D eigenvalue weighted by molar-refractivity contribution is 6.30. The smallest absolute Gasteiger partial charge is 0.258 e. The molecule has 0 aliphatic heterocycles. The number of benzene rings is 1. The second-order valence-electron chi connectivity index (χ2n) is 1.73. The summed E-state index contributed by atoms with van der Waals surface area (Å²) in [7, 11) is 0. The summed E-state index contributed by atoms with van der Waals surface area (Å²) < 4.78 is 0. The van der Waals surface area contributed by atoms with Crippen LogP contribution >= 0.6 is 11.6 Å². The monoisotopic (exact) mass is 187 g/mol. The summed E-state index contributed by atoms with van der Waals surface area (Å²) in [5, 5.41) is 10.6. The first kappa shape index (κ1) is 10.9. The van der Waals surface area contributed by atoms with Gasteiger partial charge in [0.15, 0.2) is 0 Å². The van der Waals surface area contributed by atoms with Crippen LogP contribution in [0.15, 0.2) is 24.3 Å². The molecular weight excluding hydrogens is 178 g/mol. The van der Waals surface area contributed by atoms with Crippen molar-refractivity contribution in [1.29, 1.82) is 0 Å².